The van der Waals surface area contributed by atoms with Gasteiger partial charge >= 0.3 is 0 Å². The molecule has 1 rings (SSSR count). The van der Waals surface area contributed by atoms with E-state index >= 15 is 0 Å². The predicted octanol–water partition coefficient (Wildman–Crippen LogP) is 0.996. The second-order valence-corrected chi connectivity index (χ2v) is 5.14. The molecule has 15 heavy (non-hydrogen) atoms. The van der Waals surface area contributed by atoms with Crippen molar-refractivity contribution in [2.45, 2.75) is 38.8 Å². The molecular weight excluding hydrogens is 186 g/mol. The summed E-state index contributed by atoms with van der Waals surface area (Å²) in [7, 11) is 4.36. The van der Waals surface area contributed by atoms with E-state index in [0.717, 1.165) is 12.5 Å². The Labute approximate surface area is 94.6 Å². The Bertz CT molecular complexity index is 182. The van der Waals surface area contributed by atoms with E-state index in [1.807, 2.05) is 0 Å². The lowest BCUT2D eigenvalue weighted by Crippen LogP contribution is -2.41. The van der Waals surface area contributed by atoms with Gasteiger partial charge in [0.05, 0.1) is 0 Å². The molecular formula is C12H27N3. The first-order valence-corrected chi connectivity index (χ1v) is 6.20. The molecule has 0 radical (unpaired) electrons. The van der Waals surface area contributed by atoms with Crippen molar-refractivity contribution in [1.82, 2.24) is 9.80 Å². The third-order valence-corrected chi connectivity index (χ3v) is 3.67. The first-order valence-electron chi connectivity index (χ1n) is 6.20. The van der Waals surface area contributed by atoms with E-state index in [4.69, 9.17) is 5.73 Å². The molecule has 3 unspecified atom stereocenters. The van der Waals surface area contributed by atoms with Crippen LogP contribution in [0.1, 0.15) is 26.7 Å². The van der Waals surface area contributed by atoms with Gasteiger partial charge in [-0.25, -0.2) is 0 Å². The van der Waals surface area contributed by atoms with Crippen molar-refractivity contribution >= 4 is 0 Å². The molecule has 1 aliphatic heterocycles. The minimum absolute atomic E-state index is 0.599. The molecule has 1 aliphatic rings. The van der Waals surface area contributed by atoms with Crippen LogP contribution >= 0.6 is 0 Å². The van der Waals surface area contributed by atoms with Crippen LogP contribution in [0.3, 0.4) is 0 Å². The van der Waals surface area contributed by atoms with Gasteiger partial charge in [-0.2, -0.15) is 0 Å². The maximum atomic E-state index is 5.85. The third-order valence-electron chi connectivity index (χ3n) is 3.67. The Kier molecular flexibility index (Phi) is 5.03. The molecule has 2 N–H and O–H groups in total. The molecule has 3 heteroatoms. The van der Waals surface area contributed by atoms with Gasteiger partial charge in [-0.3, -0.25) is 4.90 Å². The molecule has 0 spiro atoms. The molecule has 0 aliphatic carbocycles. The van der Waals surface area contributed by atoms with E-state index in [2.05, 4.69) is 37.7 Å². The number of hydrogen-bond donors (Lipinski definition) is 1. The fourth-order valence-corrected chi connectivity index (χ4v) is 2.74. The third kappa shape index (κ3) is 3.16. The Morgan fingerprint density at radius 3 is 2.47 bits per heavy atom. The van der Waals surface area contributed by atoms with Crippen LogP contribution in [0.15, 0.2) is 0 Å². The van der Waals surface area contributed by atoms with Crippen LogP contribution in [-0.4, -0.2) is 55.6 Å². The predicted molar refractivity (Wildman–Crippen MR) is 66.0 cm³/mol. The van der Waals surface area contributed by atoms with E-state index in [-0.39, 0.29) is 0 Å². The number of likely N-dealkylation sites (tertiary alicyclic amines) is 1. The van der Waals surface area contributed by atoms with Crippen molar-refractivity contribution in [2.75, 3.05) is 33.7 Å². The minimum Gasteiger partial charge on any atom is -0.329 e. The topological polar surface area (TPSA) is 32.5 Å². The number of hydrogen-bond acceptors (Lipinski definition) is 3. The summed E-state index contributed by atoms with van der Waals surface area (Å²) in [6, 6.07) is 1.30. The van der Waals surface area contributed by atoms with Crippen molar-refractivity contribution in [1.29, 1.82) is 0 Å². The highest BCUT2D eigenvalue weighted by Crippen LogP contribution is 2.23. The summed E-state index contributed by atoms with van der Waals surface area (Å²) in [6.45, 7) is 7.80. The fraction of sp³-hybridized carbons (Fsp3) is 1.00. The number of likely N-dealkylation sites (N-methyl/N-ethyl adjacent to an activating group) is 1. The van der Waals surface area contributed by atoms with Crippen LogP contribution in [0, 0.1) is 5.92 Å². The van der Waals surface area contributed by atoms with Crippen molar-refractivity contribution in [2.24, 2.45) is 11.7 Å². The lowest BCUT2D eigenvalue weighted by atomic mass is 10.1. The SMILES string of the molecule is CCCC(CN)N1CC(C)C(N(C)C)C1. The second kappa shape index (κ2) is 5.83. The van der Waals surface area contributed by atoms with E-state index in [0.29, 0.717) is 12.1 Å². The van der Waals surface area contributed by atoms with Crippen LogP contribution in [0.25, 0.3) is 0 Å². The molecule has 1 saturated heterocycles. The summed E-state index contributed by atoms with van der Waals surface area (Å²) in [5.41, 5.74) is 5.85. The minimum atomic E-state index is 0.599. The smallest absolute Gasteiger partial charge is 0.0254 e. The molecule has 0 amide bonds. The first kappa shape index (κ1) is 12.9. The highest BCUT2D eigenvalue weighted by atomic mass is 15.3. The zero-order chi connectivity index (χ0) is 11.4. The largest absolute Gasteiger partial charge is 0.329 e. The van der Waals surface area contributed by atoms with Gasteiger partial charge in [-0.15, -0.1) is 0 Å². The maximum Gasteiger partial charge on any atom is 0.0254 e. The summed E-state index contributed by atoms with van der Waals surface area (Å²) in [5.74, 6) is 0.769. The quantitative estimate of drug-likeness (QED) is 0.739. The summed E-state index contributed by atoms with van der Waals surface area (Å²) in [6.07, 6.45) is 2.47. The molecule has 0 aromatic heterocycles. The van der Waals surface area contributed by atoms with Gasteiger partial charge in [-0.1, -0.05) is 20.3 Å². The van der Waals surface area contributed by atoms with E-state index in [9.17, 15) is 0 Å². The van der Waals surface area contributed by atoms with Crippen LogP contribution in [0.5, 0.6) is 0 Å². The second-order valence-electron chi connectivity index (χ2n) is 5.14. The molecule has 90 valence electrons. The standard InChI is InChI=1S/C12H27N3/c1-5-6-11(7-13)15-8-10(2)12(9-15)14(3)4/h10-12H,5-9,13H2,1-4H3. The molecule has 3 atom stereocenters. The van der Waals surface area contributed by atoms with Gasteiger partial charge in [0.2, 0.25) is 0 Å². The van der Waals surface area contributed by atoms with Gasteiger partial charge < -0.3 is 10.6 Å². The number of nitrogens with zero attached hydrogens (tertiary/aromatic N) is 2. The van der Waals surface area contributed by atoms with E-state index < -0.39 is 0 Å². The summed E-state index contributed by atoms with van der Waals surface area (Å²) in [4.78, 5) is 4.93. The molecule has 3 nitrogen and oxygen atoms in total. The zero-order valence-corrected chi connectivity index (χ0v) is 10.7. The van der Waals surface area contributed by atoms with Gasteiger partial charge in [0.25, 0.3) is 0 Å². The average Bonchev–Trinajstić information content (AvgIpc) is 2.56. The molecule has 0 bridgehead atoms. The van der Waals surface area contributed by atoms with Gasteiger partial charge in [-0.05, 0) is 26.4 Å². The number of nitrogens with two attached hydrogens (primary N) is 1. The molecule has 1 heterocycles. The molecule has 0 saturated carbocycles. The lowest BCUT2D eigenvalue weighted by Gasteiger charge is -2.27. The summed E-state index contributed by atoms with van der Waals surface area (Å²) < 4.78 is 0. The number of rotatable bonds is 5. The summed E-state index contributed by atoms with van der Waals surface area (Å²) >= 11 is 0. The van der Waals surface area contributed by atoms with Crippen molar-refractivity contribution < 1.29 is 0 Å². The first-order chi connectivity index (χ1) is 7.10. The van der Waals surface area contributed by atoms with Crippen molar-refractivity contribution in [3.8, 4) is 0 Å². The van der Waals surface area contributed by atoms with E-state index in [1.54, 1.807) is 0 Å². The highest BCUT2D eigenvalue weighted by molar-refractivity contribution is 4.90. The normalized spacial score (nSPS) is 30.0. The van der Waals surface area contributed by atoms with E-state index in [1.165, 1.54) is 25.9 Å². The summed E-state index contributed by atoms with van der Waals surface area (Å²) in [5, 5.41) is 0. The van der Waals surface area contributed by atoms with Crippen LogP contribution in [0.2, 0.25) is 0 Å². The van der Waals surface area contributed by atoms with Crippen LogP contribution < -0.4 is 5.73 Å². The average molecular weight is 213 g/mol. The van der Waals surface area contributed by atoms with Crippen LogP contribution in [0.4, 0.5) is 0 Å². The highest BCUT2D eigenvalue weighted by Gasteiger charge is 2.33. The van der Waals surface area contributed by atoms with Gasteiger partial charge in [0.15, 0.2) is 0 Å². The van der Waals surface area contributed by atoms with Crippen molar-refractivity contribution in [3.63, 3.8) is 0 Å². The molecule has 1 fully saturated rings. The van der Waals surface area contributed by atoms with Gasteiger partial charge in [0.1, 0.15) is 0 Å². The van der Waals surface area contributed by atoms with Crippen molar-refractivity contribution in [3.05, 3.63) is 0 Å². The molecule has 0 aromatic rings. The Morgan fingerprint density at radius 2 is 2.07 bits per heavy atom. The Morgan fingerprint density at radius 1 is 1.40 bits per heavy atom. The Balaban J connectivity index is 2.52. The maximum absolute atomic E-state index is 5.85. The zero-order valence-electron chi connectivity index (χ0n) is 10.7. The molecule has 0 aromatic carbocycles. The van der Waals surface area contributed by atoms with Gasteiger partial charge in [0, 0.05) is 31.7 Å². The fourth-order valence-electron chi connectivity index (χ4n) is 2.74. The lowest BCUT2D eigenvalue weighted by molar-refractivity contribution is 0.209. The van der Waals surface area contributed by atoms with Crippen LogP contribution in [-0.2, 0) is 0 Å². The Hall–Kier alpha value is -0.120. The monoisotopic (exact) mass is 213 g/mol.